The Bertz CT molecular complexity index is 2030. The highest BCUT2D eigenvalue weighted by atomic mass is 32.2. The van der Waals surface area contributed by atoms with E-state index in [1.165, 1.54) is 36.0 Å². The smallest absolute Gasteiger partial charge is 0.336 e. The van der Waals surface area contributed by atoms with Gasteiger partial charge in [-0.25, -0.2) is 4.79 Å². The molecule has 1 aromatic heterocycles. The highest BCUT2D eigenvalue weighted by Gasteiger charge is 2.47. The Hall–Kier alpha value is -4.90. The van der Waals surface area contributed by atoms with Gasteiger partial charge in [0.25, 0.3) is 0 Å². The second kappa shape index (κ2) is 18.1. The van der Waals surface area contributed by atoms with Gasteiger partial charge in [-0.1, -0.05) is 6.58 Å². The number of aromatic hydroxyl groups is 2. The van der Waals surface area contributed by atoms with Crippen molar-refractivity contribution in [2.45, 2.75) is 74.3 Å². The van der Waals surface area contributed by atoms with Crippen LogP contribution in [-0.4, -0.2) is 139 Å². The Morgan fingerprint density at radius 2 is 1.25 bits per heavy atom. The highest BCUT2D eigenvalue weighted by Crippen LogP contribution is 2.39. The Labute approximate surface area is 326 Å². The Balaban J connectivity index is 0.902. The average Bonchev–Trinajstić information content (AvgIpc) is 3.17. The molecule has 2 fully saturated rings. The molecule has 3 aliphatic rings. The molecule has 57 heavy (non-hydrogen) atoms. The number of ether oxygens (including phenoxy) is 7. The standard InChI is InChI=1S/C37H40O19S/c1-16-2-3-17-10-23(19(38)12-21(17)51-16)53-36-34(47)32(45)30(43)25(55-36)14-49-27(40)6-8-57-9-7-28(41)50-15-26-31(44)33(46)35(48)37(56-26)54-24-11-18-4-5-29(42)52-22(18)13-20(24)39/h2-5,10-13,25-26,30-39,43-48H,1,6-9,14-15H2. The number of phenolic OH excluding ortho intramolecular Hbond substituents is 2. The van der Waals surface area contributed by atoms with Crippen LogP contribution in [-0.2, 0) is 28.5 Å². The number of carbonyl (C=O) groups is 2. The van der Waals surface area contributed by atoms with E-state index in [-0.39, 0.29) is 47.2 Å². The summed E-state index contributed by atoms with van der Waals surface area (Å²) in [4.78, 5) is 36.3. The molecule has 0 bridgehead atoms. The molecule has 19 nitrogen and oxygen atoms in total. The van der Waals surface area contributed by atoms with E-state index in [0.717, 1.165) is 12.1 Å². The van der Waals surface area contributed by atoms with Crippen LogP contribution >= 0.6 is 11.8 Å². The Morgan fingerprint density at radius 3 is 1.82 bits per heavy atom. The maximum atomic E-state index is 12.4. The molecule has 0 aliphatic carbocycles. The van der Waals surface area contributed by atoms with Gasteiger partial charge in [-0.15, -0.1) is 0 Å². The Morgan fingerprint density at radius 1 is 0.702 bits per heavy atom. The summed E-state index contributed by atoms with van der Waals surface area (Å²) >= 11 is 1.21. The summed E-state index contributed by atoms with van der Waals surface area (Å²) < 4.78 is 43.2. The first-order valence-electron chi connectivity index (χ1n) is 17.5. The van der Waals surface area contributed by atoms with Gasteiger partial charge in [0.05, 0.1) is 12.8 Å². The number of aliphatic hydroxyl groups is 6. The fourth-order valence-electron chi connectivity index (χ4n) is 5.88. The summed E-state index contributed by atoms with van der Waals surface area (Å²) in [7, 11) is 0. The van der Waals surface area contributed by atoms with Crippen molar-refractivity contribution in [1.29, 1.82) is 0 Å². The third kappa shape index (κ3) is 9.98. The first-order valence-corrected chi connectivity index (χ1v) is 18.6. The summed E-state index contributed by atoms with van der Waals surface area (Å²) in [5, 5.41) is 83.7. The lowest BCUT2D eigenvalue weighted by molar-refractivity contribution is -0.278. The zero-order valence-electron chi connectivity index (χ0n) is 29.8. The van der Waals surface area contributed by atoms with Gasteiger partial charge >= 0.3 is 17.6 Å². The number of phenols is 2. The molecule has 308 valence electrons. The lowest BCUT2D eigenvalue weighted by Crippen LogP contribution is -2.60. The molecule has 8 N–H and O–H groups in total. The van der Waals surface area contributed by atoms with Crippen LogP contribution in [0.3, 0.4) is 0 Å². The van der Waals surface area contributed by atoms with Crippen molar-refractivity contribution in [3.8, 4) is 28.7 Å². The van der Waals surface area contributed by atoms with Gasteiger partial charge in [-0.05, 0) is 30.4 Å². The molecular formula is C37H40O19S. The number of hydrogen-bond donors (Lipinski definition) is 8. The van der Waals surface area contributed by atoms with Crippen LogP contribution in [0.15, 0.2) is 64.0 Å². The van der Waals surface area contributed by atoms with Gasteiger partial charge in [0, 0.05) is 40.7 Å². The van der Waals surface area contributed by atoms with Crippen molar-refractivity contribution in [3.63, 3.8) is 0 Å². The second-order valence-electron chi connectivity index (χ2n) is 13.1. The molecule has 6 rings (SSSR count). The molecule has 3 aromatic rings. The summed E-state index contributed by atoms with van der Waals surface area (Å²) in [5.41, 5.74) is -0.0439. The molecule has 2 aromatic carbocycles. The summed E-state index contributed by atoms with van der Waals surface area (Å²) in [6.45, 7) is 2.64. The van der Waals surface area contributed by atoms with Gasteiger partial charge in [-0.3, -0.25) is 9.59 Å². The zero-order chi connectivity index (χ0) is 41.0. The van der Waals surface area contributed by atoms with Gasteiger partial charge in [0.1, 0.15) is 79.1 Å². The van der Waals surface area contributed by atoms with Crippen LogP contribution in [0.1, 0.15) is 18.4 Å². The minimum atomic E-state index is -1.77. The van der Waals surface area contributed by atoms with Crippen LogP contribution in [0, 0.1) is 0 Å². The minimum Gasteiger partial charge on any atom is -0.504 e. The fourth-order valence-corrected chi connectivity index (χ4v) is 6.70. The number of thioether (sulfide) groups is 1. The largest absolute Gasteiger partial charge is 0.504 e. The van der Waals surface area contributed by atoms with Crippen molar-refractivity contribution in [2.75, 3.05) is 24.7 Å². The van der Waals surface area contributed by atoms with Crippen molar-refractivity contribution < 1.29 is 88.0 Å². The van der Waals surface area contributed by atoms with Crippen LogP contribution in [0.25, 0.3) is 17.0 Å². The maximum absolute atomic E-state index is 12.4. The number of hydrogen-bond acceptors (Lipinski definition) is 20. The first kappa shape index (κ1) is 41.7. The molecule has 10 atom stereocenters. The molecule has 3 aliphatic heterocycles. The third-order valence-corrected chi connectivity index (χ3v) is 10.0. The lowest BCUT2D eigenvalue weighted by atomic mass is 9.99. The second-order valence-corrected chi connectivity index (χ2v) is 14.3. The van der Waals surface area contributed by atoms with E-state index in [0.29, 0.717) is 22.5 Å². The number of carbonyl (C=O) groups excluding carboxylic acids is 2. The third-order valence-electron chi connectivity index (χ3n) is 9.02. The van der Waals surface area contributed by atoms with Crippen molar-refractivity contribution in [3.05, 3.63) is 70.8 Å². The fraction of sp³-hybridized carbons (Fsp3) is 0.432. The molecule has 4 heterocycles. The van der Waals surface area contributed by atoms with Gasteiger partial charge in [0.2, 0.25) is 12.6 Å². The molecular weight excluding hydrogens is 780 g/mol. The topological polar surface area (TPSA) is 291 Å². The van der Waals surface area contributed by atoms with E-state index >= 15 is 0 Å². The average molecular weight is 821 g/mol. The first-order chi connectivity index (χ1) is 27.2. The molecule has 2 saturated heterocycles. The molecule has 0 saturated carbocycles. The number of rotatable bonds is 14. The van der Waals surface area contributed by atoms with E-state index in [1.54, 1.807) is 12.2 Å². The predicted octanol–water partition coefficient (Wildman–Crippen LogP) is -0.204. The molecule has 0 radical (unpaired) electrons. The van der Waals surface area contributed by atoms with Gasteiger partial charge in [-0.2, -0.15) is 11.8 Å². The van der Waals surface area contributed by atoms with E-state index < -0.39 is 97.9 Å². The van der Waals surface area contributed by atoms with Crippen molar-refractivity contribution in [2.24, 2.45) is 0 Å². The van der Waals surface area contributed by atoms with Crippen molar-refractivity contribution in [1.82, 2.24) is 0 Å². The highest BCUT2D eigenvalue weighted by molar-refractivity contribution is 7.99. The number of allylic oxidation sites excluding steroid dienone is 1. The molecule has 20 heteroatoms. The number of fused-ring (bicyclic) bond motifs is 2. The SMILES string of the molecule is C=C1C=Cc2cc(OC3OC(COC(=O)CCSCCC(=O)OCC4OC(Oc5cc6ccc(=O)oc6cc5O)C(O)C(O)C4O)C(O)C(O)C3O)c(O)cc2O1. The van der Waals surface area contributed by atoms with E-state index in [4.69, 9.17) is 37.6 Å². The van der Waals surface area contributed by atoms with E-state index in [9.17, 15) is 55.2 Å². The molecule has 0 amide bonds. The number of benzene rings is 2. The monoisotopic (exact) mass is 820 g/mol. The summed E-state index contributed by atoms with van der Waals surface area (Å²) in [6, 6.07) is 7.69. The van der Waals surface area contributed by atoms with Crippen LogP contribution in [0.5, 0.6) is 28.7 Å². The van der Waals surface area contributed by atoms with Gasteiger partial charge < -0.3 is 78.4 Å². The number of esters is 2. The quantitative estimate of drug-likeness (QED) is 0.0593. The van der Waals surface area contributed by atoms with E-state index in [2.05, 4.69) is 6.58 Å². The van der Waals surface area contributed by atoms with Gasteiger partial charge in [0.15, 0.2) is 23.0 Å². The lowest BCUT2D eigenvalue weighted by Gasteiger charge is -2.40. The predicted molar refractivity (Wildman–Crippen MR) is 194 cm³/mol. The Kier molecular flexibility index (Phi) is 13.3. The maximum Gasteiger partial charge on any atom is 0.336 e. The summed E-state index contributed by atoms with van der Waals surface area (Å²) in [6.07, 6.45) is -13.1. The van der Waals surface area contributed by atoms with Crippen molar-refractivity contribution >= 4 is 40.7 Å². The number of aliphatic hydroxyl groups excluding tert-OH is 6. The molecule has 0 spiro atoms. The van der Waals surface area contributed by atoms with Crippen LogP contribution < -0.4 is 19.8 Å². The minimum absolute atomic E-state index is 0.0681. The summed E-state index contributed by atoms with van der Waals surface area (Å²) in [5.74, 6) is -1.42. The zero-order valence-corrected chi connectivity index (χ0v) is 30.6. The van der Waals surface area contributed by atoms with Crippen LogP contribution in [0.2, 0.25) is 0 Å². The normalized spacial score (nSPS) is 28.3. The van der Waals surface area contributed by atoms with Crippen LogP contribution in [0.4, 0.5) is 0 Å². The van der Waals surface area contributed by atoms with E-state index in [1.807, 2.05) is 0 Å². The molecule has 10 unspecified atom stereocenters.